The van der Waals surface area contributed by atoms with Crippen molar-refractivity contribution in [3.8, 4) is 0 Å². The van der Waals surface area contributed by atoms with E-state index in [0.717, 1.165) is 0 Å². The molecule has 104 valence electrons. The van der Waals surface area contributed by atoms with Crippen LogP contribution in [-0.2, 0) is 16.0 Å². The van der Waals surface area contributed by atoms with Crippen LogP contribution in [0.1, 0.15) is 27.8 Å². The van der Waals surface area contributed by atoms with Gasteiger partial charge >= 0.3 is 11.9 Å². The first kappa shape index (κ1) is 15.2. The van der Waals surface area contributed by atoms with Crippen LogP contribution in [0.3, 0.4) is 0 Å². The maximum Gasteiger partial charge on any atom is 0.394 e. The van der Waals surface area contributed by atoms with E-state index in [1.807, 2.05) is 0 Å². The number of nitrogens with zero attached hydrogens (tertiary/aromatic N) is 1. The van der Waals surface area contributed by atoms with Gasteiger partial charge in [-0.1, -0.05) is 6.07 Å². The summed E-state index contributed by atoms with van der Waals surface area (Å²) in [7, 11) is 1.52. The van der Waals surface area contributed by atoms with E-state index in [1.165, 1.54) is 39.8 Å². The van der Waals surface area contributed by atoms with Crippen LogP contribution in [-0.4, -0.2) is 35.5 Å². The molecule has 0 fully saturated rings. The number of benzene rings is 1. The van der Waals surface area contributed by atoms with Crippen molar-refractivity contribution in [3.05, 3.63) is 33.9 Å². The molecule has 1 amide bonds. The summed E-state index contributed by atoms with van der Waals surface area (Å²) in [6, 6.07) is 2.15. The number of amides is 1. The number of rotatable bonds is 3. The first-order valence-corrected chi connectivity index (χ1v) is 6.30. The van der Waals surface area contributed by atoms with Crippen LogP contribution in [0.5, 0.6) is 0 Å². The Morgan fingerprint density at radius 1 is 1.11 bits per heavy atom. The van der Waals surface area contributed by atoms with Crippen LogP contribution in [0, 0.1) is 27.7 Å². The molecule has 0 radical (unpaired) electrons. The van der Waals surface area contributed by atoms with Crippen LogP contribution in [0.15, 0.2) is 6.07 Å². The van der Waals surface area contributed by atoms with Crippen molar-refractivity contribution < 1.29 is 14.7 Å². The molecule has 0 heterocycles. The van der Waals surface area contributed by atoms with Gasteiger partial charge in [0.1, 0.15) is 0 Å². The summed E-state index contributed by atoms with van der Waals surface area (Å²) >= 11 is 0. The van der Waals surface area contributed by atoms with Crippen LogP contribution < -0.4 is 0 Å². The maximum atomic E-state index is 11.3. The summed E-state index contributed by atoms with van der Waals surface area (Å²) in [4.78, 5) is 23.1. The quantitative estimate of drug-likeness (QED) is 0.849. The second kappa shape index (κ2) is 5.87. The predicted molar refractivity (Wildman–Crippen MR) is 74.4 cm³/mol. The summed E-state index contributed by atoms with van der Waals surface area (Å²) < 4.78 is 0. The lowest BCUT2D eigenvalue weighted by molar-refractivity contribution is -0.155. The molecular formula is C15H21NO3. The molecule has 19 heavy (non-hydrogen) atoms. The van der Waals surface area contributed by atoms with Gasteiger partial charge in [-0.2, -0.15) is 0 Å². The highest BCUT2D eigenvalue weighted by Gasteiger charge is 2.17. The number of aryl methyl sites for hydroxylation is 2. The van der Waals surface area contributed by atoms with Crippen molar-refractivity contribution in [1.82, 2.24) is 4.90 Å². The van der Waals surface area contributed by atoms with Gasteiger partial charge in [0, 0.05) is 13.6 Å². The first-order valence-electron chi connectivity index (χ1n) is 6.30. The Bertz CT molecular complexity index is 494. The molecule has 4 nitrogen and oxygen atoms in total. The molecule has 1 aromatic carbocycles. The molecule has 0 saturated carbocycles. The molecule has 0 bridgehead atoms. The summed E-state index contributed by atoms with van der Waals surface area (Å²) in [5.74, 6) is -2.27. The van der Waals surface area contributed by atoms with Gasteiger partial charge in [-0.25, -0.2) is 4.79 Å². The fourth-order valence-corrected chi connectivity index (χ4v) is 2.22. The van der Waals surface area contributed by atoms with Gasteiger partial charge in [0.25, 0.3) is 0 Å². The first-order chi connectivity index (χ1) is 8.75. The van der Waals surface area contributed by atoms with E-state index >= 15 is 0 Å². The van der Waals surface area contributed by atoms with E-state index in [9.17, 15) is 9.59 Å². The van der Waals surface area contributed by atoms with Gasteiger partial charge in [-0.3, -0.25) is 4.79 Å². The SMILES string of the molecule is Cc1cc(C)c(C)c(CCN(C)C(=O)C(=O)O)c1C. The van der Waals surface area contributed by atoms with Crippen molar-refractivity contribution >= 4 is 11.9 Å². The second-order valence-corrected chi connectivity index (χ2v) is 5.02. The van der Waals surface area contributed by atoms with Crippen LogP contribution in [0.25, 0.3) is 0 Å². The van der Waals surface area contributed by atoms with Crippen molar-refractivity contribution in [3.63, 3.8) is 0 Å². The van der Waals surface area contributed by atoms with Crippen LogP contribution >= 0.6 is 0 Å². The summed E-state index contributed by atoms with van der Waals surface area (Å²) in [5.41, 5.74) is 6.11. The number of carbonyl (C=O) groups excluding carboxylic acids is 1. The monoisotopic (exact) mass is 263 g/mol. The average molecular weight is 263 g/mol. The van der Waals surface area contributed by atoms with Gasteiger partial charge in [0.2, 0.25) is 0 Å². The Kier molecular flexibility index (Phi) is 4.70. The summed E-state index contributed by atoms with van der Waals surface area (Å²) in [6.07, 6.45) is 0.676. The van der Waals surface area contributed by atoms with Gasteiger partial charge in [0.05, 0.1) is 0 Å². The molecule has 0 saturated heterocycles. The zero-order valence-electron chi connectivity index (χ0n) is 12.2. The Morgan fingerprint density at radius 2 is 1.58 bits per heavy atom. The Morgan fingerprint density at radius 3 is 2.00 bits per heavy atom. The topological polar surface area (TPSA) is 57.6 Å². The summed E-state index contributed by atoms with van der Waals surface area (Å²) in [5, 5.41) is 8.66. The average Bonchev–Trinajstić information content (AvgIpc) is 2.35. The molecule has 1 aromatic rings. The molecule has 0 aliphatic heterocycles. The van der Waals surface area contributed by atoms with Gasteiger partial charge < -0.3 is 10.0 Å². The Labute approximate surface area is 114 Å². The molecule has 0 spiro atoms. The minimum absolute atomic E-state index is 0.412. The van der Waals surface area contributed by atoms with Gasteiger partial charge in [-0.15, -0.1) is 0 Å². The lowest BCUT2D eigenvalue weighted by atomic mass is 9.92. The van der Waals surface area contributed by atoms with E-state index in [-0.39, 0.29) is 0 Å². The number of likely N-dealkylation sites (N-methyl/N-ethyl adjacent to an activating group) is 1. The minimum Gasteiger partial charge on any atom is -0.474 e. The lowest BCUT2D eigenvalue weighted by Crippen LogP contribution is -2.34. The van der Waals surface area contributed by atoms with Crippen molar-refractivity contribution in [2.24, 2.45) is 0 Å². The van der Waals surface area contributed by atoms with Crippen molar-refractivity contribution in [2.45, 2.75) is 34.1 Å². The lowest BCUT2D eigenvalue weighted by Gasteiger charge is -2.19. The molecule has 4 heteroatoms. The standard InChI is InChI=1S/C15H21NO3/c1-9-8-10(2)12(4)13(11(9)3)6-7-16(5)14(17)15(18)19/h8H,6-7H2,1-5H3,(H,18,19). The molecule has 0 atom stereocenters. The number of carboxylic acid groups (broad SMARTS) is 1. The highest BCUT2D eigenvalue weighted by Crippen LogP contribution is 2.22. The molecule has 0 aliphatic rings. The number of hydrogen-bond donors (Lipinski definition) is 1. The van der Waals surface area contributed by atoms with Crippen LogP contribution in [0.4, 0.5) is 0 Å². The number of carbonyl (C=O) groups is 2. The normalized spacial score (nSPS) is 10.4. The third-order valence-corrected chi connectivity index (χ3v) is 3.75. The fraction of sp³-hybridized carbons (Fsp3) is 0.467. The van der Waals surface area contributed by atoms with Gasteiger partial charge in [-0.05, 0) is 61.9 Å². The minimum atomic E-state index is -1.41. The molecule has 0 aliphatic carbocycles. The van der Waals surface area contributed by atoms with Crippen molar-refractivity contribution in [2.75, 3.05) is 13.6 Å². The molecule has 1 rings (SSSR count). The van der Waals surface area contributed by atoms with E-state index in [2.05, 4.69) is 33.8 Å². The Hall–Kier alpha value is -1.84. The highest BCUT2D eigenvalue weighted by molar-refractivity contribution is 6.31. The van der Waals surface area contributed by atoms with E-state index in [4.69, 9.17) is 5.11 Å². The van der Waals surface area contributed by atoms with Crippen LogP contribution in [0.2, 0.25) is 0 Å². The third-order valence-electron chi connectivity index (χ3n) is 3.75. The third kappa shape index (κ3) is 3.34. The zero-order chi connectivity index (χ0) is 14.7. The van der Waals surface area contributed by atoms with E-state index in [1.54, 1.807) is 0 Å². The molecule has 1 N–H and O–H groups in total. The number of hydrogen-bond acceptors (Lipinski definition) is 2. The highest BCUT2D eigenvalue weighted by atomic mass is 16.4. The van der Waals surface area contributed by atoms with Gasteiger partial charge in [0.15, 0.2) is 0 Å². The molecule has 0 aromatic heterocycles. The zero-order valence-corrected chi connectivity index (χ0v) is 12.2. The maximum absolute atomic E-state index is 11.3. The smallest absolute Gasteiger partial charge is 0.394 e. The molecule has 0 unspecified atom stereocenters. The van der Waals surface area contributed by atoms with E-state index in [0.29, 0.717) is 13.0 Å². The number of aliphatic carboxylic acids is 1. The van der Waals surface area contributed by atoms with E-state index < -0.39 is 11.9 Å². The molecular weight excluding hydrogens is 242 g/mol. The number of carboxylic acids is 1. The Balaban J connectivity index is 2.90. The predicted octanol–water partition coefficient (Wildman–Crippen LogP) is 2.01. The largest absolute Gasteiger partial charge is 0.474 e. The second-order valence-electron chi connectivity index (χ2n) is 5.02. The van der Waals surface area contributed by atoms with Crippen molar-refractivity contribution in [1.29, 1.82) is 0 Å². The fourth-order valence-electron chi connectivity index (χ4n) is 2.22. The summed E-state index contributed by atoms with van der Waals surface area (Å²) in [6.45, 7) is 8.68.